The van der Waals surface area contributed by atoms with Gasteiger partial charge in [-0.25, -0.2) is 8.42 Å². The fraction of sp³-hybridized carbons (Fsp3) is 0.333. The first-order valence-electron chi connectivity index (χ1n) is 9.75. The van der Waals surface area contributed by atoms with Crippen LogP contribution in [0.4, 0.5) is 0 Å². The Bertz CT molecular complexity index is 1280. The van der Waals surface area contributed by atoms with Gasteiger partial charge in [0, 0.05) is 18.6 Å². The van der Waals surface area contributed by atoms with Crippen molar-refractivity contribution in [3.05, 3.63) is 57.9 Å². The van der Waals surface area contributed by atoms with Crippen LogP contribution in [-0.4, -0.2) is 35.8 Å². The van der Waals surface area contributed by atoms with Crippen LogP contribution in [-0.2, 0) is 28.3 Å². The molecule has 1 unspecified atom stereocenters. The number of thiazole rings is 1. The highest BCUT2D eigenvalue weighted by atomic mass is 35.5. The number of amides is 1. The first kappa shape index (κ1) is 21.2. The molecule has 1 amide bonds. The van der Waals surface area contributed by atoms with Crippen molar-refractivity contribution >= 4 is 49.1 Å². The van der Waals surface area contributed by atoms with Gasteiger partial charge in [-0.3, -0.25) is 4.79 Å². The Labute approximate surface area is 184 Å². The molecule has 0 N–H and O–H groups in total. The second kappa shape index (κ2) is 8.26. The lowest BCUT2D eigenvalue weighted by Crippen LogP contribution is -2.40. The molecule has 1 saturated heterocycles. The quantitative estimate of drug-likeness (QED) is 0.591. The van der Waals surface area contributed by atoms with Crippen LogP contribution in [0.1, 0.15) is 25.3 Å². The number of aryl methyl sites for hydroxylation is 2. The summed E-state index contributed by atoms with van der Waals surface area (Å²) >= 11 is 7.32. The van der Waals surface area contributed by atoms with Gasteiger partial charge in [-0.05, 0) is 61.2 Å². The lowest BCUT2D eigenvalue weighted by molar-refractivity contribution is -0.121. The number of sulfonamides is 1. The second-order valence-electron chi connectivity index (χ2n) is 7.28. The molecule has 0 bridgehead atoms. The van der Waals surface area contributed by atoms with Crippen molar-refractivity contribution in [1.82, 2.24) is 8.87 Å². The van der Waals surface area contributed by atoms with Crippen molar-refractivity contribution in [2.75, 3.05) is 6.54 Å². The molecule has 2 aromatic carbocycles. The Morgan fingerprint density at radius 2 is 1.97 bits per heavy atom. The van der Waals surface area contributed by atoms with Crippen molar-refractivity contribution in [2.24, 2.45) is 12.0 Å². The molecule has 4 rings (SSSR count). The van der Waals surface area contributed by atoms with Gasteiger partial charge in [0.05, 0.1) is 15.1 Å². The molecule has 0 spiro atoms. The van der Waals surface area contributed by atoms with E-state index in [1.165, 1.54) is 45.5 Å². The Morgan fingerprint density at radius 1 is 1.23 bits per heavy atom. The molecule has 158 valence electrons. The molecule has 1 aliphatic rings. The molecule has 0 aliphatic carbocycles. The Balaban J connectivity index is 1.68. The lowest BCUT2D eigenvalue weighted by Gasteiger charge is -2.21. The number of carbonyl (C=O) groups excluding carboxylic acids is 1. The zero-order chi connectivity index (χ0) is 21.5. The Hall–Kier alpha value is -2.00. The van der Waals surface area contributed by atoms with Crippen molar-refractivity contribution in [1.29, 1.82) is 0 Å². The maximum atomic E-state index is 13.1. The van der Waals surface area contributed by atoms with E-state index in [1.807, 2.05) is 17.7 Å². The summed E-state index contributed by atoms with van der Waals surface area (Å²) < 4.78 is 30.4. The molecule has 1 atom stereocenters. The van der Waals surface area contributed by atoms with E-state index in [2.05, 4.69) is 24.0 Å². The van der Waals surface area contributed by atoms with Crippen molar-refractivity contribution in [3.8, 4) is 0 Å². The van der Waals surface area contributed by atoms with Crippen LogP contribution in [0.3, 0.4) is 0 Å². The van der Waals surface area contributed by atoms with Gasteiger partial charge in [0.25, 0.3) is 5.91 Å². The van der Waals surface area contributed by atoms with E-state index in [0.717, 1.165) is 16.6 Å². The zero-order valence-electron chi connectivity index (χ0n) is 16.7. The van der Waals surface area contributed by atoms with Gasteiger partial charge in [0.1, 0.15) is 6.04 Å². The molecule has 2 heterocycles. The molecular formula is C21H22ClN3O3S2. The molecule has 30 heavy (non-hydrogen) atoms. The summed E-state index contributed by atoms with van der Waals surface area (Å²) in [6.07, 6.45) is 2.02. The maximum absolute atomic E-state index is 13.1. The van der Waals surface area contributed by atoms with Gasteiger partial charge in [-0.15, -0.1) is 0 Å². The topological polar surface area (TPSA) is 71.7 Å². The first-order chi connectivity index (χ1) is 14.3. The van der Waals surface area contributed by atoms with E-state index in [-0.39, 0.29) is 4.90 Å². The van der Waals surface area contributed by atoms with Crippen LogP contribution in [0.5, 0.6) is 0 Å². The third kappa shape index (κ3) is 3.85. The first-order valence-corrected chi connectivity index (χ1v) is 12.4. The third-order valence-electron chi connectivity index (χ3n) is 5.40. The number of hydrogen-bond acceptors (Lipinski definition) is 4. The monoisotopic (exact) mass is 463 g/mol. The summed E-state index contributed by atoms with van der Waals surface area (Å²) in [5.41, 5.74) is 2.22. The summed E-state index contributed by atoms with van der Waals surface area (Å²) in [6.45, 7) is 2.40. The highest BCUT2D eigenvalue weighted by Gasteiger charge is 2.39. The average molecular weight is 464 g/mol. The fourth-order valence-electron chi connectivity index (χ4n) is 3.69. The minimum absolute atomic E-state index is 0.131. The van der Waals surface area contributed by atoms with Gasteiger partial charge >= 0.3 is 0 Å². The van der Waals surface area contributed by atoms with E-state index in [1.54, 1.807) is 0 Å². The van der Waals surface area contributed by atoms with Crippen LogP contribution in [0.2, 0.25) is 5.02 Å². The predicted molar refractivity (Wildman–Crippen MR) is 119 cm³/mol. The largest absolute Gasteiger partial charge is 0.319 e. The summed E-state index contributed by atoms with van der Waals surface area (Å²) in [5.74, 6) is -0.428. The number of halogens is 1. The van der Waals surface area contributed by atoms with Crippen LogP contribution < -0.4 is 4.80 Å². The zero-order valence-corrected chi connectivity index (χ0v) is 19.1. The Kier molecular flexibility index (Phi) is 5.85. The van der Waals surface area contributed by atoms with Crippen molar-refractivity contribution < 1.29 is 13.2 Å². The minimum atomic E-state index is -3.80. The SMILES string of the molecule is CCc1ccc2c(c1)sc(=NC(=O)C1CCCN1S(=O)(=O)c1ccc(Cl)cc1)n2C. The lowest BCUT2D eigenvalue weighted by atomic mass is 10.2. The van der Waals surface area contributed by atoms with Gasteiger partial charge in [0.15, 0.2) is 4.80 Å². The van der Waals surface area contributed by atoms with Gasteiger partial charge < -0.3 is 4.57 Å². The molecule has 1 aliphatic heterocycles. The number of fused-ring (bicyclic) bond motifs is 1. The van der Waals surface area contributed by atoms with E-state index in [4.69, 9.17) is 11.6 Å². The van der Waals surface area contributed by atoms with Crippen LogP contribution in [0.25, 0.3) is 10.2 Å². The van der Waals surface area contributed by atoms with Gasteiger partial charge in [-0.2, -0.15) is 9.30 Å². The number of hydrogen-bond donors (Lipinski definition) is 0. The van der Waals surface area contributed by atoms with Crippen LogP contribution in [0, 0.1) is 0 Å². The molecule has 0 saturated carbocycles. The molecule has 1 aromatic heterocycles. The van der Waals surface area contributed by atoms with Gasteiger partial charge in [-0.1, -0.05) is 35.9 Å². The van der Waals surface area contributed by atoms with E-state index >= 15 is 0 Å². The third-order valence-corrected chi connectivity index (χ3v) is 8.67. The summed E-state index contributed by atoms with van der Waals surface area (Å²) in [7, 11) is -1.93. The van der Waals surface area contributed by atoms with E-state index < -0.39 is 22.0 Å². The summed E-state index contributed by atoms with van der Waals surface area (Å²) in [5, 5.41) is 0.460. The van der Waals surface area contributed by atoms with E-state index in [9.17, 15) is 13.2 Å². The minimum Gasteiger partial charge on any atom is -0.319 e. The standard InChI is InChI=1S/C21H22ClN3O3S2/c1-3-14-6-11-17-19(13-14)29-21(24(17)2)23-20(26)18-5-4-12-25(18)30(27,28)16-9-7-15(22)8-10-16/h6-11,13,18H,3-5,12H2,1-2H3. The Morgan fingerprint density at radius 3 is 2.67 bits per heavy atom. The number of aromatic nitrogens is 1. The second-order valence-corrected chi connectivity index (χ2v) is 10.6. The average Bonchev–Trinajstić information content (AvgIpc) is 3.34. The highest BCUT2D eigenvalue weighted by Crippen LogP contribution is 2.27. The molecule has 3 aromatic rings. The number of rotatable bonds is 4. The predicted octanol–water partition coefficient (Wildman–Crippen LogP) is 3.74. The van der Waals surface area contributed by atoms with Crippen LogP contribution >= 0.6 is 22.9 Å². The van der Waals surface area contributed by atoms with Crippen molar-refractivity contribution in [2.45, 2.75) is 37.1 Å². The smallest absolute Gasteiger partial charge is 0.266 e. The number of nitrogens with zero attached hydrogens (tertiary/aromatic N) is 3. The van der Waals surface area contributed by atoms with Crippen LogP contribution in [0.15, 0.2) is 52.4 Å². The van der Waals surface area contributed by atoms with Gasteiger partial charge in [0.2, 0.25) is 10.0 Å². The maximum Gasteiger partial charge on any atom is 0.266 e. The molecule has 6 nitrogen and oxygen atoms in total. The van der Waals surface area contributed by atoms with Crippen molar-refractivity contribution in [3.63, 3.8) is 0 Å². The molecular weight excluding hydrogens is 442 g/mol. The molecule has 9 heteroatoms. The molecule has 0 radical (unpaired) electrons. The molecule has 1 fully saturated rings. The highest BCUT2D eigenvalue weighted by molar-refractivity contribution is 7.89. The normalized spacial score (nSPS) is 18.4. The summed E-state index contributed by atoms with van der Waals surface area (Å²) in [4.78, 5) is 18.0. The summed E-state index contributed by atoms with van der Waals surface area (Å²) in [6, 6.07) is 11.4. The fourth-order valence-corrected chi connectivity index (χ4v) is 6.55. The number of benzene rings is 2. The van der Waals surface area contributed by atoms with E-state index in [0.29, 0.717) is 29.2 Å². The number of carbonyl (C=O) groups is 1.